The van der Waals surface area contributed by atoms with Crippen LogP contribution in [0.25, 0.3) is 0 Å². The lowest BCUT2D eigenvalue weighted by Crippen LogP contribution is -2.05. The van der Waals surface area contributed by atoms with Gasteiger partial charge in [-0.3, -0.25) is 0 Å². The fraction of sp³-hybridized carbons (Fsp3) is 0.308. The molecule has 0 spiro atoms. The second-order valence-electron chi connectivity index (χ2n) is 4.20. The van der Waals surface area contributed by atoms with E-state index in [1.54, 1.807) is 6.20 Å². The van der Waals surface area contributed by atoms with Crippen LogP contribution in [0.4, 0.5) is 19.1 Å². The third-order valence-electron chi connectivity index (χ3n) is 2.53. The molecule has 0 unspecified atom stereocenters. The first-order chi connectivity index (χ1) is 9.90. The maximum Gasteiger partial charge on any atom is 0.417 e. The lowest BCUT2D eigenvalue weighted by Gasteiger charge is -2.08. The molecule has 1 N–H and O–H groups in total. The quantitative estimate of drug-likeness (QED) is 0.870. The van der Waals surface area contributed by atoms with Gasteiger partial charge in [-0.25, -0.2) is 15.0 Å². The molecule has 0 radical (unpaired) electrons. The number of alkyl halides is 3. The predicted molar refractivity (Wildman–Crippen MR) is 74.3 cm³/mol. The van der Waals surface area contributed by atoms with Gasteiger partial charge in [-0.05, 0) is 37.7 Å². The zero-order chi connectivity index (χ0) is 15.5. The van der Waals surface area contributed by atoms with E-state index in [-0.39, 0.29) is 0 Å². The Morgan fingerprint density at radius 1 is 1.19 bits per heavy atom. The van der Waals surface area contributed by atoms with Crippen molar-refractivity contribution >= 4 is 17.7 Å². The maximum absolute atomic E-state index is 12.5. The largest absolute Gasteiger partial charge is 0.417 e. The summed E-state index contributed by atoms with van der Waals surface area (Å²) in [6.45, 7) is 4.45. The van der Waals surface area contributed by atoms with Crippen molar-refractivity contribution in [3.05, 3.63) is 35.7 Å². The van der Waals surface area contributed by atoms with Crippen LogP contribution in [0.5, 0.6) is 0 Å². The average molecular weight is 314 g/mol. The SMILES string of the molecule is CCNc1ncc(C)c(Sc2ccc(C(F)(F)F)cn2)n1. The zero-order valence-corrected chi connectivity index (χ0v) is 12.2. The summed E-state index contributed by atoms with van der Waals surface area (Å²) in [6, 6.07) is 2.35. The second kappa shape index (κ2) is 6.30. The van der Waals surface area contributed by atoms with Crippen LogP contribution in [0.1, 0.15) is 18.1 Å². The number of anilines is 1. The van der Waals surface area contributed by atoms with Crippen molar-refractivity contribution in [2.24, 2.45) is 0 Å². The number of aryl methyl sites for hydroxylation is 1. The van der Waals surface area contributed by atoms with Gasteiger partial charge in [0, 0.05) is 24.5 Å². The number of aromatic nitrogens is 3. The van der Waals surface area contributed by atoms with E-state index in [1.807, 2.05) is 13.8 Å². The summed E-state index contributed by atoms with van der Waals surface area (Å²) in [5.41, 5.74) is 0.0722. The van der Waals surface area contributed by atoms with Crippen molar-refractivity contribution in [2.75, 3.05) is 11.9 Å². The van der Waals surface area contributed by atoms with Gasteiger partial charge >= 0.3 is 6.18 Å². The number of nitrogens with one attached hydrogen (secondary N) is 1. The van der Waals surface area contributed by atoms with Gasteiger partial charge in [0.15, 0.2) is 0 Å². The molecule has 0 bridgehead atoms. The van der Waals surface area contributed by atoms with E-state index >= 15 is 0 Å². The summed E-state index contributed by atoms with van der Waals surface area (Å²) < 4.78 is 37.4. The Hall–Kier alpha value is -1.83. The number of hydrogen-bond acceptors (Lipinski definition) is 5. The standard InChI is InChI=1S/C13H13F3N4S/c1-3-17-12-19-6-8(2)11(20-12)21-10-5-4-9(7-18-10)13(14,15)16/h4-7H,3H2,1-2H3,(H,17,19,20). The number of pyridine rings is 1. The van der Waals surface area contributed by atoms with Gasteiger partial charge in [0.25, 0.3) is 0 Å². The van der Waals surface area contributed by atoms with E-state index in [4.69, 9.17) is 0 Å². The lowest BCUT2D eigenvalue weighted by atomic mass is 10.3. The van der Waals surface area contributed by atoms with Crippen molar-refractivity contribution in [3.63, 3.8) is 0 Å². The minimum Gasteiger partial charge on any atom is -0.354 e. The van der Waals surface area contributed by atoms with Gasteiger partial charge in [0.1, 0.15) is 10.1 Å². The van der Waals surface area contributed by atoms with Crippen LogP contribution >= 0.6 is 11.8 Å². The van der Waals surface area contributed by atoms with Gasteiger partial charge in [0.2, 0.25) is 5.95 Å². The van der Waals surface area contributed by atoms with Crippen molar-refractivity contribution in [1.29, 1.82) is 0 Å². The molecular formula is C13H13F3N4S. The van der Waals surface area contributed by atoms with Crippen molar-refractivity contribution in [3.8, 4) is 0 Å². The van der Waals surface area contributed by atoms with Gasteiger partial charge in [-0.2, -0.15) is 13.2 Å². The first-order valence-electron chi connectivity index (χ1n) is 6.18. The summed E-state index contributed by atoms with van der Waals surface area (Å²) in [4.78, 5) is 12.2. The molecule has 0 aromatic carbocycles. The highest BCUT2D eigenvalue weighted by Crippen LogP contribution is 2.31. The van der Waals surface area contributed by atoms with Crippen LogP contribution in [0.15, 0.2) is 34.6 Å². The predicted octanol–water partition coefficient (Wildman–Crippen LogP) is 3.78. The highest BCUT2D eigenvalue weighted by Gasteiger charge is 2.30. The second-order valence-corrected chi connectivity index (χ2v) is 5.21. The molecular weight excluding hydrogens is 301 g/mol. The Morgan fingerprint density at radius 3 is 2.52 bits per heavy atom. The van der Waals surface area contributed by atoms with Crippen LogP contribution < -0.4 is 5.32 Å². The monoisotopic (exact) mass is 314 g/mol. The smallest absolute Gasteiger partial charge is 0.354 e. The summed E-state index contributed by atoms with van der Waals surface area (Å²) in [7, 11) is 0. The molecule has 0 fully saturated rings. The van der Waals surface area contributed by atoms with Gasteiger partial charge in [-0.15, -0.1) is 0 Å². The number of nitrogens with zero attached hydrogens (tertiary/aromatic N) is 3. The molecule has 0 amide bonds. The highest BCUT2D eigenvalue weighted by atomic mass is 32.2. The topological polar surface area (TPSA) is 50.7 Å². The van der Waals surface area contributed by atoms with E-state index in [0.29, 0.717) is 22.5 Å². The summed E-state index contributed by atoms with van der Waals surface area (Å²) in [5, 5.41) is 4.10. The molecule has 0 aliphatic rings. The highest BCUT2D eigenvalue weighted by molar-refractivity contribution is 7.99. The summed E-state index contributed by atoms with van der Waals surface area (Å²) >= 11 is 1.20. The molecule has 21 heavy (non-hydrogen) atoms. The van der Waals surface area contributed by atoms with Crippen molar-refractivity contribution < 1.29 is 13.2 Å². The molecule has 8 heteroatoms. The minimum absolute atomic E-state index is 0.451. The molecule has 0 aliphatic carbocycles. The molecule has 2 rings (SSSR count). The van der Waals surface area contributed by atoms with Gasteiger partial charge in [-0.1, -0.05) is 0 Å². The van der Waals surface area contributed by atoms with Crippen LogP contribution in [-0.2, 0) is 6.18 Å². The molecule has 0 saturated carbocycles. The van der Waals surface area contributed by atoms with E-state index < -0.39 is 11.7 Å². The van der Waals surface area contributed by atoms with E-state index in [9.17, 15) is 13.2 Å². The number of halogens is 3. The fourth-order valence-corrected chi connectivity index (χ4v) is 2.27. The van der Waals surface area contributed by atoms with Crippen LogP contribution in [-0.4, -0.2) is 21.5 Å². The van der Waals surface area contributed by atoms with E-state index in [1.165, 1.54) is 17.8 Å². The lowest BCUT2D eigenvalue weighted by molar-refractivity contribution is -0.137. The Morgan fingerprint density at radius 2 is 1.95 bits per heavy atom. The first kappa shape index (κ1) is 15.6. The molecule has 2 heterocycles. The molecule has 0 saturated heterocycles. The minimum atomic E-state index is -4.38. The third-order valence-corrected chi connectivity index (χ3v) is 3.58. The molecule has 0 atom stereocenters. The van der Waals surface area contributed by atoms with Crippen molar-refractivity contribution in [1.82, 2.24) is 15.0 Å². The van der Waals surface area contributed by atoms with Crippen LogP contribution in [0.3, 0.4) is 0 Å². The van der Waals surface area contributed by atoms with Crippen molar-refractivity contribution in [2.45, 2.75) is 30.1 Å². The molecule has 2 aromatic heterocycles. The molecule has 112 valence electrons. The Bertz CT molecular complexity index is 614. The average Bonchev–Trinajstić information content (AvgIpc) is 2.42. The van der Waals surface area contributed by atoms with Crippen LogP contribution in [0.2, 0.25) is 0 Å². The fourth-order valence-electron chi connectivity index (χ4n) is 1.48. The Kier molecular flexibility index (Phi) is 4.66. The Balaban J connectivity index is 2.20. The van der Waals surface area contributed by atoms with E-state index in [2.05, 4.69) is 20.3 Å². The number of hydrogen-bond donors (Lipinski definition) is 1. The molecule has 4 nitrogen and oxygen atoms in total. The van der Waals surface area contributed by atoms with Crippen LogP contribution in [0, 0.1) is 6.92 Å². The third kappa shape index (κ3) is 4.07. The first-order valence-corrected chi connectivity index (χ1v) is 7.00. The summed E-state index contributed by atoms with van der Waals surface area (Å²) in [6.07, 6.45) is -1.89. The molecule has 2 aromatic rings. The molecule has 0 aliphatic heterocycles. The van der Waals surface area contributed by atoms with E-state index in [0.717, 1.165) is 17.8 Å². The maximum atomic E-state index is 12.5. The Labute approximate surface area is 124 Å². The normalized spacial score (nSPS) is 11.5. The number of rotatable bonds is 4. The zero-order valence-electron chi connectivity index (χ0n) is 11.4. The van der Waals surface area contributed by atoms with Gasteiger partial charge in [0.05, 0.1) is 5.56 Å². The summed E-state index contributed by atoms with van der Waals surface area (Å²) in [5.74, 6) is 0.484. The van der Waals surface area contributed by atoms with Gasteiger partial charge < -0.3 is 5.32 Å².